The van der Waals surface area contributed by atoms with E-state index in [0.717, 1.165) is 32.5 Å². The Morgan fingerprint density at radius 3 is 3.18 bits per heavy atom. The normalized spacial score (nSPS) is 19.3. The molecule has 0 saturated carbocycles. The highest BCUT2D eigenvalue weighted by Crippen LogP contribution is 2.19. The molecule has 1 atom stereocenters. The van der Waals surface area contributed by atoms with E-state index < -0.39 is 0 Å². The van der Waals surface area contributed by atoms with E-state index in [1.54, 1.807) is 0 Å². The SMILES string of the molecule is CCCC(=O)N1CCOCC(Cc2ccc3[nH]ccc3c2)C1. The summed E-state index contributed by atoms with van der Waals surface area (Å²) in [5, 5.41) is 1.24. The van der Waals surface area contributed by atoms with Gasteiger partial charge in [0.05, 0.1) is 13.2 Å². The van der Waals surface area contributed by atoms with Gasteiger partial charge in [0.2, 0.25) is 5.91 Å². The predicted molar refractivity (Wildman–Crippen MR) is 87.8 cm³/mol. The van der Waals surface area contributed by atoms with Gasteiger partial charge in [-0.3, -0.25) is 4.79 Å². The highest BCUT2D eigenvalue weighted by Gasteiger charge is 2.22. The number of nitrogens with zero attached hydrogens (tertiary/aromatic N) is 1. The van der Waals surface area contributed by atoms with Crippen LogP contribution in [0.2, 0.25) is 0 Å². The Morgan fingerprint density at radius 2 is 2.32 bits per heavy atom. The van der Waals surface area contributed by atoms with Gasteiger partial charge in [-0.1, -0.05) is 13.0 Å². The van der Waals surface area contributed by atoms with E-state index in [0.29, 0.717) is 18.9 Å². The number of carbonyl (C=O) groups is 1. The van der Waals surface area contributed by atoms with Crippen molar-refractivity contribution in [2.75, 3.05) is 26.3 Å². The number of amides is 1. The largest absolute Gasteiger partial charge is 0.379 e. The number of ether oxygens (including phenoxy) is 1. The summed E-state index contributed by atoms with van der Waals surface area (Å²) < 4.78 is 5.71. The topological polar surface area (TPSA) is 45.3 Å². The molecule has 118 valence electrons. The number of nitrogens with one attached hydrogen (secondary N) is 1. The minimum Gasteiger partial charge on any atom is -0.379 e. The van der Waals surface area contributed by atoms with Crippen molar-refractivity contribution in [1.82, 2.24) is 9.88 Å². The van der Waals surface area contributed by atoms with Crippen molar-refractivity contribution >= 4 is 16.8 Å². The van der Waals surface area contributed by atoms with Gasteiger partial charge in [-0.2, -0.15) is 0 Å². The lowest BCUT2D eigenvalue weighted by molar-refractivity contribution is -0.131. The molecule has 0 bridgehead atoms. The van der Waals surface area contributed by atoms with Gasteiger partial charge >= 0.3 is 0 Å². The summed E-state index contributed by atoms with van der Waals surface area (Å²) in [7, 11) is 0. The summed E-state index contributed by atoms with van der Waals surface area (Å²) in [6, 6.07) is 8.62. The van der Waals surface area contributed by atoms with E-state index >= 15 is 0 Å². The second-order valence-corrected chi connectivity index (χ2v) is 6.13. The van der Waals surface area contributed by atoms with Crippen LogP contribution in [0.3, 0.4) is 0 Å². The van der Waals surface area contributed by atoms with Gasteiger partial charge in [0.15, 0.2) is 0 Å². The molecule has 1 aliphatic heterocycles. The summed E-state index contributed by atoms with van der Waals surface area (Å²) >= 11 is 0. The first-order valence-electron chi connectivity index (χ1n) is 8.18. The quantitative estimate of drug-likeness (QED) is 0.943. The van der Waals surface area contributed by atoms with Crippen molar-refractivity contribution in [1.29, 1.82) is 0 Å². The minimum atomic E-state index is 0.263. The second-order valence-electron chi connectivity index (χ2n) is 6.13. The molecule has 1 amide bonds. The number of hydrogen-bond acceptors (Lipinski definition) is 2. The molecular formula is C18H24N2O2. The summed E-state index contributed by atoms with van der Waals surface area (Å²) in [5.41, 5.74) is 2.48. The summed E-state index contributed by atoms with van der Waals surface area (Å²) in [6.07, 6.45) is 4.47. The van der Waals surface area contributed by atoms with Crippen molar-refractivity contribution < 1.29 is 9.53 Å². The maximum atomic E-state index is 12.2. The van der Waals surface area contributed by atoms with Crippen molar-refractivity contribution in [3.8, 4) is 0 Å². The lowest BCUT2D eigenvalue weighted by Gasteiger charge is -2.23. The first-order chi connectivity index (χ1) is 10.8. The zero-order valence-electron chi connectivity index (χ0n) is 13.2. The van der Waals surface area contributed by atoms with Crippen molar-refractivity contribution in [3.63, 3.8) is 0 Å². The molecule has 0 aliphatic carbocycles. The van der Waals surface area contributed by atoms with Crippen LogP contribution >= 0.6 is 0 Å². The predicted octanol–water partition coefficient (Wildman–Crippen LogP) is 2.99. The van der Waals surface area contributed by atoms with Crippen LogP contribution in [0.4, 0.5) is 0 Å². The lowest BCUT2D eigenvalue weighted by atomic mass is 9.98. The molecule has 1 aromatic heterocycles. The monoisotopic (exact) mass is 300 g/mol. The fraction of sp³-hybridized carbons (Fsp3) is 0.500. The number of H-pyrrole nitrogens is 1. The maximum absolute atomic E-state index is 12.2. The number of hydrogen-bond donors (Lipinski definition) is 1. The van der Waals surface area contributed by atoms with Gasteiger partial charge in [0, 0.05) is 37.1 Å². The Morgan fingerprint density at radius 1 is 1.41 bits per heavy atom. The third kappa shape index (κ3) is 3.50. The Hall–Kier alpha value is -1.81. The fourth-order valence-electron chi connectivity index (χ4n) is 3.17. The molecular weight excluding hydrogens is 276 g/mol. The lowest BCUT2D eigenvalue weighted by Crippen LogP contribution is -2.36. The number of carbonyl (C=O) groups excluding carboxylic acids is 1. The molecule has 2 aromatic rings. The molecule has 4 nitrogen and oxygen atoms in total. The molecule has 1 unspecified atom stereocenters. The van der Waals surface area contributed by atoms with Gasteiger partial charge in [0.1, 0.15) is 0 Å². The van der Waals surface area contributed by atoms with Crippen LogP contribution in [0.5, 0.6) is 0 Å². The first kappa shape index (κ1) is 15.1. The molecule has 1 aliphatic rings. The molecule has 0 radical (unpaired) electrons. The zero-order valence-corrected chi connectivity index (χ0v) is 13.2. The number of fused-ring (bicyclic) bond motifs is 1. The number of benzene rings is 1. The van der Waals surface area contributed by atoms with E-state index in [-0.39, 0.29) is 5.91 Å². The van der Waals surface area contributed by atoms with Crippen LogP contribution in [-0.4, -0.2) is 42.1 Å². The summed E-state index contributed by atoms with van der Waals surface area (Å²) in [5.74, 6) is 0.638. The Labute approximate surface area is 131 Å². The standard InChI is InChI=1S/C18H24N2O2/c1-2-3-18(21)20-8-9-22-13-15(12-20)10-14-4-5-17-16(11-14)6-7-19-17/h4-7,11,15,19H,2-3,8-10,12-13H2,1H3. The van der Waals surface area contributed by atoms with Crippen molar-refractivity contribution in [2.24, 2.45) is 5.92 Å². The van der Waals surface area contributed by atoms with Crippen LogP contribution in [0.1, 0.15) is 25.3 Å². The van der Waals surface area contributed by atoms with E-state index in [1.807, 2.05) is 11.1 Å². The minimum absolute atomic E-state index is 0.263. The molecule has 4 heteroatoms. The summed E-state index contributed by atoms with van der Waals surface area (Å²) in [6.45, 7) is 4.98. The molecule has 0 spiro atoms. The molecule has 1 saturated heterocycles. The van der Waals surface area contributed by atoms with E-state index in [9.17, 15) is 4.79 Å². The average molecular weight is 300 g/mol. The Bertz CT molecular complexity index is 635. The van der Waals surface area contributed by atoms with Gasteiger partial charge in [-0.25, -0.2) is 0 Å². The third-order valence-corrected chi connectivity index (χ3v) is 4.30. The molecule has 3 rings (SSSR count). The van der Waals surface area contributed by atoms with E-state index in [4.69, 9.17) is 4.74 Å². The zero-order chi connectivity index (χ0) is 15.4. The van der Waals surface area contributed by atoms with Crippen LogP contribution in [0.15, 0.2) is 30.5 Å². The fourth-order valence-corrected chi connectivity index (χ4v) is 3.17. The van der Waals surface area contributed by atoms with Crippen molar-refractivity contribution in [2.45, 2.75) is 26.2 Å². The maximum Gasteiger partial charge on any atom is 0.222 e. The molecule has 1 aromatic carbocycles. The highest BCUT2D eigenvalue weighted by molar-refractivity contribution is 5.80. The van der Waals surface area contributed by atoms with Crippen molar-refractivity contribution in [3.05, 3.63) is 36.0 Å². The Kier molecular flexibility index (Phi) is 4.78. The number of aromatic amines is 1. The number of rotatable bonds is 4. The van der Waals surface area contributed by atoms with Gasteiger partial charge in [-0.15, -0.1) is 0 Å². The smallest absolute Gasteiger partial charge is 0.222 e. The van der Waals surface area contributed by atoms with Gasteiger partial charge < -0.3 is 14.6 Å². The average Bonchev–Trinajstić information content (AvgIpc) is 2.85. The first-order valence-corrected chi connectivity index (χ1v) is 8.18. The van der Waals surface area contributed by atoms with Crippen LogP contribution in [0, 0.1) is 5.92 Å². The molecule has 1 N–H and O–H groups in total. The molecule has 1 fully saturated rings. The highest BCUT2D eigenvalue weighted by atomic mass is 16.5. The van der Waals surface area contributed by atoms with Crippen LogP contribution < -0.4 is 0 Å². The molecule has 22 heavy (non-hydrogen) atoms. The second kappa shape index (κ2) is 6.97. The van der Waals surface area contributed by atoms with Gasteiger partial charge in [0.25, 0.3) is 0 Å². The molecule has 2 heterocycles. The van der Waals surface area contributed by atoms with E-state index in [1.165, 1.54) is 16.5 Å². The van der Waals surface area contributed by atoms with E-state index in [2.05, 4.69) is 36.2 Å². The van der Waals surface area contributed by atoms with Crippen LogP contribution in [-0.2, 0) is 16.0 Å². The summed E-state index contributed by atoms with van der Waals surface area (Å²) in [4.78, 5) is 17.4. The Balaban J connectivity index is 1.68. The number of aromatic nitrogens is 1. The van der Waals surface area contributed by atoms with Gasteiger partial charge in [-0.05, 0) is 42.0 Å². The van der Waals surface area contributed by atoms with Crippen LogP contribution in [0.25, 0.3) is 10.9 Å². The third-order valence-electron chi connectivity index (χ3n) is 4.30.